The van der Waals surface area contributed by atoms with E-state index in [2.05, 4.69) is 20.8 Å². The number of nitrogens with one attached hydrogen (secondary N) is 1. The molecule has 1 atom stereocenters. The number of amides is 1. The van der Waals surface area contributed by atoms with Crippen molar-refractivity contribution in [1.29, 1.82) is 0 Å². The summed E-state index contributed by atoms with van der Waals surface area (Å²) >= 11 is 1.36. The molecule has 1 N–H and O–H groups in total. The van der Waals surface area contributed by atoms with E-state index in [-0.39, 0.29) is 16.9 Å². The van der Waals surface area contributed by atoms with Gasteiger partial charge in [0, 0.05) is 11.3 Å². The van der Waals surface area contributed by atoms with E-state index in [9.17, 15) is 9.59 Å². The fraction of sp³-hybridized carbons (Fsp3) is 0.500. The molecule has 1 aromatic heterocycles. The molecule has 8 heteroatoms. The molecule has 2 aromatic rings. The average Bonchev–Trinajstić information content (AvgIpc) is 3.10. The zero-order valence-corrected chi connectivity index (χ0v) is 15.8. The Kier molecular flexibility index (Phi) is 6.03. The number of thioether (sulfide) groups is 1. The van der Waals surface area contributed by atoms with E-state index in [1.54, 1.807) is 24.3 Å². The summed E-state index contributed by atoms with van der Waals surface area (Å²) in [6.07, 6.45) is 5.81. The summed E-state index contributed by atoms with van der Waals surface area (Å²) in [6.45, 7) is 3.33. The molecule has 3 rings (SSSR count). The van der Waals surface area contributed by atoms with Crippen molar-refractivity contribution >= 4 is 29.1 Å². The van der Waals surface area contributed by atoms with Crippen LogP contribution in [0.15, 0.2) is 29.4 Å². The monoisotopic (exact) mass is 373 g/mol. The first-order valence-electron chi connectivity index (χ1n) is 8.91. The minimum Gasteiger partial charge on any atom is -0.325 e. The molecule has 1 saturated carbocycles. The maximum atomic E-state index is 12.5. The molecule has 7 nitrogen and oxygen atoms in total. The Morgan fingerprint density at radius 1 is 1.27 bits per heavy atom. The lowest BCUT2D eigenvalue weighted by atomic mass is 9.96. The van der Waals surface area contributed by atoms with Gasteiger partial charge in [0.05, 0.1) is 11.3 Å². The number of benzene rings is 1. The summed E-state index contributed by atoms with van der Waals surface area (Å²) in [7, 11) is 0. The van der Waals surface area contributed by atoms with Crippen molar-refractivity contribution < 1.29 is 9.59 Å². The number of rotatable bonds is 6. The maximum absolute atomic E-state index is 12.5. The summed E-state index contributed by atoms with van der Waals surface area (Å²) in [5.74, 6) is -0.177. The lowest BCUT2D eigenvalue weighted by molar-refractivity contribution is -0.115. The van der Waals surface area contributed by atoms with E-state index in [0.717, 1.165) is 12.8 Å². The predicted molar refractivity (Wildman–Crippen MR) is 100 cm³/mol. The van der Waals surface area contributed by atoms with Gasteiger partial charge >= 0.3 is 0 Å². The molecule has 1 heterocycles. The summed E-state index contributed by atoms with van der Waals surface area (Å²) < 4.78 is 1.87. The molecule has 0 spiro atoms. The van der Waals surface area contributed by atoms with Crippen LogP contribution in [-0.2, 0) is 4.79 Å². The highest BCUT2D eigenvalue weighted by Crippen LogP contribution is 2.31. The van der Waals surface area contributed by atoms with Gasteiger partial charge in [0.25, 0.3) is 0 Å². The molecule has 0 aliphatic heterocycles. The van der Waals surface area contributed by atoms with Crippen LogP contribution in [0.2, 0.25) is 0 Å². The third kappa shape index (κ3) is 4.49. The van der Waals surface area contributed by atoms with Gasteiger partial charge in [-0.25, -0.2) is 4.68 Å². The van der Waals surface area contributed by atoms with E-state index in [1.165, 1.54) is 37.9 Å². The van der Waals surface area contributed by atoms with Crippen molar-refractivity contribution in [2.45, 2.75) is 62.4 Å². The Balaban J connectivity index is 1.64. The van der Waals surface area contributed by atoms with Gasteiger partial charge in [-0.2, -0.15) is 0 Å². The number of anilines is 1. The standard InChI is InChI=1S/C18H23N5O2S/c1-12(24)14-7-6-8-15(11-14)19-17(25)13(2)26-18-20-21-22-23(18)16-9-4-3-5-10-16/h6-8,11,13,16H,3-5,9-10H2,1-2H3,(H,19,25). The van der Waals surface area contributed by atoms with Crippen molar-refractivity contribution in [3.8, 4) is 0 Å². The normalized spacial score (nSPS) is 16.2. The lowest BCUT2D eigenvalue weighted by Gasteiger charge is -2.22. The first-order chi connectivity index (χ1) is 12.5. The van der Waals surface area contributed by atoms with Gasteiger partial charge in [0.2, 0.25) is 11.1 Å². The molecular formula is C18H23N5O2S. The van der Waals surface area contributed by atoms with Gasteiger partial charge in [0.1, 0.15) is 0 Å². The summed E-state index contributed by atoms with van der Waals surface area (Å²) in [5.41, 5.74) is 1.19. The summed E-state index contributed by atoms with van der Waals surface area (Å²) in [6, 6.07) is 7.27. The second kappa shape index (κ2) is 8.44. The quantitative estimate of drug-likeness (QED) is 0.616. The highest BCUT2D eigenvalue weighted by atomic mass is 32.2. The van der Waals surface area contributed by atoms with Gasteiger partial charge in [0.15, 0.2) is 5.78 Å². The molecule has 1 amide bonds. The number of carbonyl (C=O) groups excluding carboxylic acids is 2. The van der Waals surface area contributed by atoms with Gasteiger partial charge in [-0.15, -0.1) is 5.10 Å². The van der Waals surface area contributed by atoms with Crippen molar-refractivity contribution in [2.75, 3.05) is 5.32 Å². The number of nitrogens with zero attached hydrogens (tertiary/aromatic N) is 4. The molecule has 1 aromatic carbocycles. The number of hydrogen-bond acceptors (Lipinski definition) is 6. The first-order valence-corrected chi connectivity index (χ1v) is 9.79. The topological polar surface area (TPSA) is 89.8 Å². The Morgan fingerprint density at radius 2 is 2.04 bits per heavy atom. The molecular weight excluding hydrogens is 350 g/mol. The summed E-state index contributed by atoms with van der Waals surface area (Å²) in [5, 5.41) is 15.2. The Morgan fingerprint density at radius 3 is 2.77 bits per heavy atom. The number of tetrazole rings is 1. The predicted octanol–water partition coefficient (Wildman–Crippen LogP) is 3.50. The number of Topliss-reactive ketones (excluding diaryl/α,β-unsaturated/α-hetero) is 1. The average molecular weight is 373 g/mol. The maximum Gasteiger partial charge on any atom is 0.237 e. The fourth-order valence-electron chi connectivity index (χ4n) is 3.09. The number of ketones is 1. The van der Waals surface area contributed by atoms with Crippen LogP contribution in [0, 0.1) is 0 Å². The van der Waals surface area contributed by atoms with Crippen LogP contribution < -0.4 is 5.32 Å². The molecule has 0 saturated heterocycles. The SMILES string of the molecule is CC(=O)c1cccc(NC(=O)C(C)Sc2nnnn2C2CCCCC2)c1. The molecule has 1 aliphatic rings. The van der Waals surface area contributed by atoms with Crippen molar-refractivity contribution in [3.63, 3.8) is 0 Å². The third-order valence-corrected chi connectivity index (χ3v) is 5.62. The Hall–Kier alpha value is -2.22. The van der Waals surface area contributed by atoms with Crippen molar-refractivity contribution in [2.24, 2.45) is 0 Å². The molecule has 1 unspecified atom stereocenters. The van der Waals surface area contributed by atoms with Crippen LogP contribution in [0.25, 0.3) is 0 Å². The highest BCUT2D eigenvalue weighted by Gasteiger charge is 2.24. The van der Waals surface area contributed by atoms with E-state index < -0.39 is 0 Å². The molecule has 1 fully saturated rings. The van der Waals surface area contributed by atoms with Crippen LogP contribution in [0.3, 0.4) is 0 Å². The zero-order valence-electron chi connectivity index (χ0n) is 15.0. The second-order valence-electron chi connectivity index (χ2n) is 6.58. The largest absolute Gasteiger partial charge is 0.325 e. The van der Waals surface area contributed by atoms with Crippen molar-refractivity contribution in [3.05, 3.63) is 29.8 Å². The minimum absolute atomic E-state index is 0.0322. The van der Waals surface area contributed by atoms with E-state index >= 15 is 0 Å². The van der Waals surface area contributed by atoms with Crippen LogP contribution in [0.1, 0.15) is 62.4 Å². The molecule has 138 valence electrons. The number of carbonyl (C=O) groups is 2. The zero-order chi connectivity index (χ0) is 18.5. The number of aromatic nitrogens is 4. The molecule has 0 bridgehead atoms. The molecule has 0 radical (unpaired) electrons. The third-order valence-electron chi connectivity index (χ3n) is 4.57. The smallest absolute Gasteiger partial charge is 0.237 e. The fourth-order valence-corrected chi connectivity index (χ4v) is 3.95. The molecule has 26 heavy (non-hydrogen) atoms. The van der Waals surface area contributed by atoms with Gasteiger partial charge < -0.3 is 5.32 Å². The Bertz CT molecular complexity index is 785. The minimum atomic E-state index is -0.357. The van der Waals surface area contributed by atoms with Gasteiger partial charge in [-0.3, -0.25) is 9.59 Å². The second-order valence-corrected chi connectivity index (χ2v) is 7.89. The van der Waals surface area contributed by atoms with Crippen LogP contribution in [0.5, 0.6) is 0 Å². The van der Waals surface area contributed by atoms with Gasteiger partial charge in [-0.05, 0) is 49.2 Å². The van der Waals surface area contributed by atoms with Gasteiger partial charge in [-0.1, -0.05) is 43.2 Å². The molecule has 1 aliphatic carbocycles. The summed E-state index contributed by atoms with van der Waals surface area (Å²) in [4.78, 5) is 24.0. The van der Waals surface area contributed by atoms with E-state index in [1.807, 2.05) is 11.6 Å². The number of hydrogen-bond donors (Lipinski definition) is 1. The van der Waals surface area contributed by atoms with Crippen LogP contribution in [0.4, 0.5) is 5.69 Å². The van der Waals surface area contributed by atoms with Crippen molar-refractivity contribution in [1.82, 2.24) is 20.2 Å². The Labute approximate surface area is 156 Å². The van der Waals surface area contributed by atoms with Crippen LogP contribution >= 0.6 is 11.8 Å². The highest BCUT2D eigenvalue weighted by molar-refractivity contribution is 8.00. The van der Waals surface area contributed by atoms with Crippen LogP contribution in [-0.4, -0.2) is 37.1 Å². The first kappa shape index (κ1) is 18.6. The van der Waals surface area contributed by atoms with E-state index in [0.29, 0.717) is 22.4 Å². The van der Waals surface area contributed by atoms with E-state index in [4.69, 9.17) is 0 Å². The lowest BCUT2D eigenvalue weighted by Crippen LogP contribution is -2.23.